The van der Waals surface area contributed by atoms with Crippen LogP contribution in [0, 0.1) is 0 Å². The maximum absolute atomic E-state index is 13.7. The molecule has 1 aliphatic heterocycles. The zero-order valence-corrected chi connectivity index (χ0v) is 22.5. The van der Waals surface area contributed by atoms with Gasteiger partial charge in [-0.15, -0.1) is 0 Å². The van der Waals surface area contributed by atoms with Crippen molar-refractivity contribution in [1.82, 2.24) is 10.2 Å². The van der Waals surface area contributed by atoms with E-state index in [1.54, 1.807) is 37.4 Å². The smallest absolute Gasteiger partial charge is 0.244 e. The average molecular weight is 534 g/mol. The Balaban J connectivity index is 1.93. The highest BCUT2D eigenvalue weighted by molar-refractivity contribution is 7.92. The normalized spacial score (nSPS) is 13.4. The molecule has 0 spiro atoms. The van der Waals surface area contributed by atoms with Crippen molar-refractivity contribution in [3.8, 4) is 17.2 Å². The van der Waals surface area contributed by atoms with Gasteiger partial charge < -0.3 is 24.4 Å². The summed E-state index contributed by atoms with van der Waals surface area (Å²) >= 11 is 0. The van der Waals surface area contributed by atoms with Crippen molar-refractivity contribution < 1.29 is 32.2 Å². The number of hydrogen-bond acceptors (Lipinski definition) is 7. The number of rotatable bonds is 12. The fourth-order valence-electron chi connectivity index (χ4n) is 4.01. The lowest BCUT2D eigenvalue weighted by atomic mass is 10.1. The molecule has 0 fully saturated rings. The molecular formula is C26H35N3O7S. The molecular weight excluding hydrogens is 498 g/mol. The Morgan fingerprint density at radius 2 is 1.73 bits per heavy atom. The zero-order valence-electron chi connectivity index (χ0n) is 21.7. The first-order valence-corrected chi connectivity index (χ1v) is 14.1. The van der Waals surface area contributed by atoms with Crippen molar-refractivity contribution in [2.75, 3.05) is 44.0 Å². The second-order valence-corrected chi connectivity index (χ2v) is 10.6. The third-order valence-electron chi connectivity index (χ3n) is 5.94. The van der Waals surface area contributed by atoms with Crippen LogP contribution in [-0.2, 0) is 26.2 Å². The summed E-state index contributed by atoms with van der Waals surface area (Å²) < 4.78 is 42.9. The topological polar surface area (TPSA) is 114 Å². The SMILES string of the molecule is CCCNC(=O)[C@@H](CC)N(Cc1ccc(OC)cc1)C(=O)CN(c1ccc2c(c1)OCCO2)S(C)(=O)=O. The quantitative estimate of drug-likeness (QED) is 0.446. The van der Waals surface area contributed by atoms with E-state index in [4.69, 9.17) is 14.2 Å². The van der Waals surface area contributed by atoms with Crippen LogP contribution in [0.15, 0.2) is 42.5 Å². The lowest BCUT2D eigenvalue weighted by molar-refractivity contribution is -0.140. The van der Waals surface area contributed by atoms with E-state index >= 15 is 0 Å². The van der Waals surface area contributed by atoms with Gasteiger partial charge in [0.15, 0.2) is 11.5 Å². The van der Waals surface area contributed by atoms with Crippen LogP contribution in [0.4, 0.5) is 5.69 Å². The molecule has 2 amide bonds. The summed E-state index contributed by atoms with van der Waals surface area (Å²) in [4.78, 5) is 28.2. The summed E-state index contributed by atoms with van der Waals surface area (Å²) in [5, 5.41) is 2.86. The van der Waals surface area contributed by atoms with Crippen molar-refractivity contribution in [1.29, 1.82) is 0 Å². The minimum atomic E-state index is -3.85. The van der Waals surface area contributed by atoms with Crippen molar-refractivity contribution in [2.45, 2.75) is 39.3 Å². The number of carbonyl (C=O) groups excluding carboxylic acids is 2. The Labute approximate surface area is 218 Å². The molecule has 2 aromatic carbocycles. The third-order valence-corrected chi connectivity index (χ3v) is 7.08. The number of nitrogens with zero attached hydrogens (tertiary/aromatic N) is 2. The highest BCUT2D eigenvalue weighted by Gasteiger charge is 2.32. The van der Waals surface area contributed by atoms with Gasteiger partial charge in [-0.3, -0.25) is 13.9 Å². The fourth-order valence-corrected chi connectivity index (χ4v) is 4.86. The van der Waals surface area contributed by atoms with E-state index in [0.29, 0.717) is 43.4 Å². The number of carbonyl (C=O) groups is 2. The third kappa shape index (κ3) is 7.28. The maximum Gasteiger partial charge on any atom is 0.244 e. The van der Waals surface area contributed by atoms with Crippen molar-refractivity contribution >= 4 is 27.5 Å². The Morgan fingerprint density at radius 3 is 2.32 bits per heavy atom. The molecule has 0 saturated carbocycles. The van der Waals surface area contributed by atoms with E-state index in [-0.39, 0.29) is 18.1 Å². The van der Waals surface area contributed by atoms with Crippen LogP contribution >= 0.6 is 0 Å². The van der Waals surface area contributed by atoms with Gasteiger partial charge in [0, 0.05) is 19.2 Å². The van der Waals surface area contributed by atoms with Crippen molar-refractivity contribution in [3.05, 3.63) is 48.0 Å². The summed E-state index contributed by atoms with van der Waals surface area (Å²) in [5.74, 6) is 0.794. The summed E-state index contributed by atoms with van der Waals surface area (Å²) in [5.41, 5.74) is 1.05. The molecule has 0 radical (unpaired) electrons. The summed E-state index contributed by atoms with van der Waals surface area (Å²) in [6.07, 6.45) is 2.15. The number of nitrogens with one attached hydrogen (secondary N) is 1. The molecule has 0 unspecified atom stereocenters. The second-order valence-electron chi connectivity index (χ2n) is 8.68. The first kappa shape index (κ1) is 28.1. The molecule has 11 heteroatoms. The molecule has 37 heavy (non-hydrogen) atoms. The lowest BCUT2D eigenvalue weighted by Crippen LogP contribution is -2.52. The van der Waals surface area contributed by atoms with Crippen LogP contribution in [0.1, 0.15) is 32.3 Å². The number of methoxy groups -OCH3 is 1. The highest BCUT2D eigenvalue weighted by Crippen LogP contribution is 2.34. The predicted octanol–water partition coefficient (Wildman–Crippen LogP) is 2.57. The fraction of sp³-hybridized carbons (Fsp3) is 0.462. The van der Waals surface area contributed by atoms with Crippen LogP contribution in [0.3, 0.4) is 0 Å². The average Bonchev–Trinajstić information content (AvgIpc) is 2.89. The molecule has 1 atom stereocenters. The molecule has 202 valence electrons. The molecule has 3 rings (SSSR count). The molecule has 0 saturated heterocycles. The van der Waals surface area contributed by atoms with Crippen molar-refractivity contribution in [3.63, 3.8) is 0 Å². The minimum Gasteiger partial charge on any atom is -0.497 e. The van der Waals surface area contributed by atoms with Gasteiger partial charge in [0.25, 0.3) is 0 Å². The van der Waals surface area contributed by atoms with E-state index in [1.165, 1.54) is 4.90 Å². The van der Waals surface area contributed by atoms with Gasteiger partial charge in [0.2, 0.25) is 21.8 Å². The number of ether oxygens (including phenoxy) is 3. The number of anilines is 1. The number of benzene rings is 2. The van der Waals surface area contributed by atoms with E-state index in [0.717, 1.165) is 22.5 Å². The van der Waals surface area contributed by atoms with Crippen LogP contribution in [-0.4, -0.2) is 70.8 Å². The zero-order chi connectivity index (χ0) is 27.0. The monoisotopic (exact) mass is 533 g/mol. The van der Waals surface area contributed by atoms with Gasteiger partial charge in [-0.05, 0) is 42.7 Å². The lowest BCUT2D eigenvalue weighted by Gasteiger charge is -2.33. The summed E-state index contributed by atoms with van der Waals surface area (Å²) in [6.45, 7) is 4.63. The molecule has 0 bridgehead atoms. The number of fused-ring (bicyclic) bond motifs is 1. The van der Waals surface area contributed by atoms with Gasteiger partial charge in [-0.2, -0.15) is 0 Å². The number of hydrogen-bond donors (Lipinski definition) is 1. The summed E-state index contributed by atoms with van der Waals surface area (Å²) in [7, 11) is -2.29. The molecule has 1 aliphatic rings. The summed E-state index contributed by atoms with van der Waals surface area (Å²) in [6, 6.07) is 11.1. The van der Waals surface area contributed by atoms with E-state index in [9.17, 15) is 18.0 Å². The maximum atomic E-state index is 13.7. The highest BCUT2D eigenvalue weighted by atomic mass is 32.2. The van der Waals surface area contributed by atoms with Gasteiger partial charge >= 0.3 is 0 Å². The van der Waals surface area contributed by atoms with Crippen molar-refractivity contribution in [2.24, 2.45) is 0 Å². The Hall–Kier alpha value is -3.47. The van der Waals surface area contributed by atoms with Gasteiger partial charge in [-0.1, -0.05) is 26.0 Å². The Bertz CT molecular complexity index is 1190. The Kier molecular flexibility index (Phi) is 9.62. The molecule has 2 aromatic rings. The van der Waals surface area contributed by atoms with Gasteiger partial charge in [-0.25, -0.2) is 8.42 Å². The standard InChI is InChI=1S/C26H35N3O7S/c1-5-13-27-26(31)22(6-2)28(17-19-7-10-21(34-3)11-8-19)25(30)18-29(37(4,32)33)20-9-12-23-24(16-20)36-15-14-35-23/h7-12,16,22H,5-6,13-15,17-18H2,1-4H3,(H,27,31)/t22-/m1/s1. The molecule has 10 nitrogen and oxygen atoms in total. The van der Waals surface area contributed by atoms with Gasteiger partial charge in [0.1, 0.15) is 31.5 Å². The largest absolute Gasteiger partial charge is 0.497 e. The Morgan fingerprint density at radius 1 is 1.05 bits per heavy atom. The molecule has 0 aromatic heterocycles. The minimum absolute atomic E-state index is 0.125. The van der Waals surface area contributed by atoms with E-state index < -0.39 is 28.5 Å². The van der Waals surface area contributed by atoms with Crippen LogP contribution in [0.2, 0.25) is 0 Å². The molecule has 1 heterocycles. The second kappa shape index (κ2) is 12.7. The predicted molar refractivity (Wildman–Crippen MR) is 141 cm³/mol. The van der Waals surface area contributed by atoms with E-state index in [2.05, 4.69) is 5.32 Å². The molecule has 0 aliphatic carbocycles. The first-order chi connectivity index (χ1) is 17.7. The number of amides is 2. The van der Waals surface area contributed by atoms with Gasteiger partial charge in [0.05, 0.1) is 19.1 Å². The van der Waals surface area contributed by atoms with Crippen LogP contribution < -0.4 is 23.8 Å². The van der Waals surface area contributed by atoms with E-state index in [1.807, 2.05) is 26.0 Å². The van der Waals surface area contributed by atoms with Crippen LogP contribution in [0.25, 0.3) is 0 Å². The first-order valence-electron chi connectivity index (χ1n) is 12.2. The van der Waals surface area contributed by atoms with Crippen LogP contribution in [0.5, 0.6) is 17.2 Å². The number of sulfonamides is 1. The molecule has 1 N–H and O–H groups in total.